The Morgan fingerprint density at radius 1 is 0.758 bits per heavy atom. The summed E-state index contributed by atoms with van der Waals surface area (Å²) in [5.74, 6) is -0.376. The van der Waals surface area contributed by atoms with Crippen molar-refractivity contribution in [1.29, 1.82) is 0 Å². The van der Waals surface area contributed by atoms with Crippen LogP contribution in [-0.4, -0.2) is 31.0 Å². The molecule has 0 spiro atoms. The molecule has 0 heterocycles. The molecule has 2 aliphatic rings. The first-order valence-electron chi connectivity index (χ1n) is 9.84. The van der Waals surface area contributed by atoms with E-state index < -0.39 is 48.6 Å². The predicted molar refractivity (Wildman–Crippen MR) is 114 cm³/mol. The first-order chi connectivity index (χ1) is 15.7. The molecule has 0 unspecified atom stereocenters. The molecule has 2 aromatic rings. The van der Waals surface area contributed by atoms with Gasteiger partial charge in [0.2, 0.25) is 0 Å². The standard InChI is InChI=1S/C19H16N4O9S/c24-20(25)12-3-5-14(6-4-12)33-19-11-2-1-10(7-11)17(19)32-18-15(22(28)29)8-13(21(26)27)9-16(18)23(30)31/h3-6,8-11,17,19H,1-2,7H2/t10-,11+,17-,19-/m1/s1. The monoisotopic (exact) mass is 476 g/mol. The molecule has 0 amide bonds. The van der Waals surface area contributed by atoms with Gasteiger partial charge < -0.3 is 4.74 Å². The molecule has 2 bridgehead atoms. The normalized spacial score (nSPS) is 23.3. The molecule has 2 fully saturated rings. The fourth-order valence-electron chi connectivity index (χ4n) is 4.53. The molecule has 172 valence electrons. The van der Waals surface area contributed by atoms with Crippen LogP contribution in [0.25, 0.3) is 0 Å². The van der Waals surface area contributed by atoms with Crippen LogP contribution in [0, 0.1) is 52.3 Å². The molecule has 0 radical (unpaired) electrons. The van der Waals surface area contributed by atoms with Gasteiger partial charge in [-0.05, 0) is 43.2 Å². The summed E-state index contributed by atoms with van der Waals surface area (Å²) in [6.45, 7) is 0. The number of hydrogen-bond acceptors (Lipinski definition) is 10. The van der Waals surface area contributed by atoms with Gasteiger partial charge in [-0.25, -0.2) is 0 Å². The van der Waals surface area contributed by atoms with Gasteiger partial charge in [-0.2, -0.15) is 0 Å². The van der Waals surface area contributed by atoms with E-state index in [2.05, 4.69) is 0 Å². The predicted octanol–water partition coefficient (Wildman–Crippen LogP) is 4.66. The highest BCUT2D eigenvalue weighted by atomic mass is 32.2. The van der Waals surface area contributed by atoms with Crippen molar-refractivity contribution in [3.8, 4) is 5.75 Å². The van der Waals surface area contributed by atoms with E-state index in [-0.39, 0.29) is 22.8 Å². The van der Waals surface area contributed by atoms with Crippen molar-refractivity contribution in [2.24, 2.45) is 11.8 Å². The smallest absolute Gasteiger partial charge is 0.325 e. The van der Waals surface area contributed by atoms with Crippen LogP contribution in [0.3, 0.4) is 0 Å². The average Bonchev–Trinajstić information content (AvgIpc) is 3.36. The Bertz CT molecular complexity index is 1120. The van der Waals surface area contributed by atoms with E-state index in [1.165, 1.54) is 23.9 Å². The second-order valence-electron chi connectivity index (χ2n) is 7.83. The fraction of sp³-hybridized carbons (Fsp3) is 0.368. The Morgan fingerprint density at radius 3 is 1.82 bits per heavy atom. The highest BCUT2D eigenvalue weighted by molar-refractivity contribution is 8.00. The summed E-state index contributed by atoms with van der Waals surface area (Å²) in [5.41, 5.74) is -2.50. The molecule has 13 nitrogen and oxygen atoms in total. The first kappa shape index (κ1) is 22.4. The third-order valence-electron chi connectivity index (χ3n) is 5.98. The van der Waals surface area contributed by atoms with E-state index in [0.717, 1.165) is 24.2 Å². The van der Waals surface area contributed by atoms with E-state index >= 15 is 0 Å². The summed E-state index contributed by atoms with van der Waals surface area (Å²) >= 11 is 1.40. The van der Waals surface area contributed by atoms with E-state index in [4.69, 9.17) is 4.74 Å². The SMILES string of the molecule is O=[N+]([O-])c1ccc(S[C@@H]2[C@H]3CC[C@H](C3)[C@H]2Oc2c([N+](=O)[O-])cc([N+](=O)[O-])cc2[N+](=O)[O-])cc1. The van der Waals surface area contributed by atoms with Crippen molar-refractivity contribution in [3.63, 3.8) is 0 Å². The van der Waals surface area contributed by atoms with Gasteiger partial charge in [-0.1, -0.05) is 0 Å². The molecule has 0 aromatic heterocycles. The van der Waals surface area contributed by atoms with Crippen molar-refractivity contribution in [1.82, 2.24) is 0 Å². The lowest BCUT2D eigenvalue weighted by atomic mass is 9.97. The number of non-ortho nitro benzene ring substituents is 2. The van der Waals surface area contributed by atoms with Crippen molar-refractivity contribution < 1.29 is 24.4 Å². The zero-order valence-electron chi connectivity index (χ0n) is 16.8. The summed E-state index contributed by atoms with van der Waals surface area (Å²) in [5, 5.41) is 45.0. The fourth-order valence-corrected chi connectivity index (χ4v) is 5.99. The number of fused-ring (bicyclic) bond motifs is 2. The molecule has 2 saturated carbocycles. The quantitative estimate of drug-likeness (QED) is 0.384. The van der Waals surface area contributed by atoms with Gasteiger partial charge in [-0.3, -0.25) is 40.5 Å². The summed E-state index contributed by atoms with van der Waals surface area (Å²) in [4.78, 5) is 42.6. The zero-order chi connectivity index (χ0) is 23.9. The summed E-state index contributed by atoms with van der Waals surface area (Å²) in [7, 11) is 0. The maximum absolute atomic E-state index is 11.6. The first-order valence-corrected chi connectivity index (χ1v) is 10.7. The third-order valence-corrected chi connectivity index (χ3v) is 7.45. The van der Waals surface area contributed by atoms with Gasteiger partial charge >= 0.3 is 11.4 Å². The Morgan fingerprint density at radius 2 is 1.30 bits per heavy atom. The maximum atomic E-state index is 11.6. The van der Waals surface area contributed by atoms with Crippen LogP contribution in [0.5, 0.6) is 5.75 Å². The zero-order valence-corrected chi connectivity index (χ0v) is 17.6. The van der Waals surface area contributed by atoms with Crippen molar-refractivity contribution in [3.05, 3.63) is 76.9 Å². The van der Waals surface area contributed by atoms with E-state index in [0.29, 0.717) is 12.1 Å². The lowest BCUT2D eigenvalue weighted by Crippen LogP contribution is -2.35. The van der Waals surface area contributed by atoms with E-state index in [1.54, 1.807) is 12.1 Å². The minimum Gasteiger partial charge on any atom is -0.477 e. The van der Waals surface area contributed by atoms with Gasteiger partial charge in [-0.15, -0.1) is 11.8 Å². The molecule has 14 heteroatoms. The molecular formula is C19H16N4O9S. The highest BCUT2D eigenvalue weighted by Gasteiger charge is 2.51. The second-order valence-corrected chi connectivity index (χ2v) is 9.09. The number of nitrogens with zero attached hydrogens (tertiary/aromatic N) is 4. The number of benzene rings is 2. The number of thioether (sulfide) groups is 1. The Kier molecular flexibility index (Phi) is 5.84. The van der Waals surface area contributed by atoms with Gasteiger partial charge in [0.15, 0.2) is 0 Å². The molecular weight excluding hydrogens is 460 g/mol. The maximum Gasteiger partial charge on any atom is 0.325 e. The van der Waals surface area contributed by atoms with E-state index in [9.17, 15) is 40.5 Å². The topological polar surface area (TPSA) is 182 Å². The third kappa shape index (κ3) is 4.28. The molecule has 0 N–H and O–H groups in total. The molecule has 2 aromatic carbocycles. The Hall–Kier alpha value is -3.81. The number of rotatable bonds is 8. The van der Waals surface area contributed by atoms with Crippen LogP contribution in [0.2, 0.25) is 0 Å². The molecule has 0 aliphatic heterocycles. The van der Waals surface area contributed by atoms with Crippen LogP contribution in [0.4, 0.5) is 22.7 Å². The van der Waals surface area contributed by atoms with Crippen LogP contribution >= 0.6 is 11.8 Å². The van der Waals surface area contributed by atoms with Gasteiger partial charge in [0.25, 0.3) is 17.1 Å². The Balaban J connectivity index is 1.68. The minimum atomic E-state index is -0.936. The molecule has 2 aliphatic carbocycles. The van der Waals surface area contributed by atoms with Crippen molar-refractivity contribution in [2.75, 3.05) is 0 Å². The average molecular weight is 476 g/mol. The molecule has 4 atom stereocenters. The highest BCUT2D eigenvalue weighted by Crippen LogP contribution is 2.54. The number of nitro benzene ring substituents is 4. The second kappa shape index (κ2) is 8.61. The van der Waals surface area contributed by atoms with Crippen LogP contribution < -0.4 is 4.74 Å². The van der Waals surface area contributed by atoms with Crippen molar-refractivity contribution in [2.45, 2.75) is 35.5 Å². The lowest BCUT2D eigenvalue weighted by Gasteiger charge is -2.30. The van der Waals surface area contributed by atoms with E-state index in [1.807, 2.05) is 0 Å². The molecule has 0 saturated heterocycles. The largest absolute Gasteiger partial charge is 0.477 e. The number of hydrogen-bond donors (Lipinski definition) is 0. The van der Waals surface area contributed by atoms with Crippen LogP contribution in [0.15, 0.2) is 41.3 Å². The van der Waals surface area contributed by atoms with Gasteiger partial charge in [0.05, 0.1) is 31.8 Å². The summed E-state index contributed by atoms with van der Waals surface area (Å²) < 4.78 is 5.94. The Labute approximate surface area is 189 Å². The summed E-state index contributed by atoms with van der Waals surface area (Å²) in [6.07, 6.45) is 1.88. The summed E-state index contributed by atoms with van der Waals surface area (Å²) in [6, 6.07) is 7.27. The van der Waals surface area contributed by atoms with Crippen molar-refractivity contribution >= 4 is 34.5 Å². The van der Waals surface area contributed by atoms with Gasteiger partial charge in [0.1, 0.15) is 6.10 Å². The van der Waals surface area contributed by atoms with Crippen LogP contribution in [0.1, 0.15) is 19.3 Å². The van der Waals surface area contributed by atoms with Gasteiger partial charge in [0, 0.05) is 22.3 Å². The minimum absolute atomic E-state index is 0.0138. The molecule has 4 rings (SSSR count). The number of ether oxygens (including phenoxy) is 1. The lowest BCUT2D eigenvalue weighted by molar-refractivity contribution is -0.404. The number of nitro groups is 4. The van der Waals surface area contributed by atoms with Crippen LogP contribution in [-0.2, 0) is 0 Å². The molecule has 33 heavy (non-hydrogen) atoms.